The second kappa shape index (κ2) is 12.6. The van der Waals surface area contributed by atoms with Gasteiger partial charge in [-0.2, -0.15) is 0 Å². The van der Waals surface area contributed by atoms with Crippen LogP contribution in [-0.2, 0) is 19.1 Å². The zero-order chi connectivity index (χ0) is 29.0. The Hall–Kier alpha value is -2.75. The Balaban J connectivity index is 1.90. The SMILES string of the molecule is CC[C@H](C)[C@@H]1NC2(CNC(=O)[C@H](CC3=CN=CC3)CC(=O)[C@H](CC(C)C)NC1=O)CN(C(=O)OC(C)(C)C)C2. The molecule has 3 aliphatic rings. The van der Waals surface area contributed by atoms with Crippen LogP contribution in [0.3, 0.4) is 0 Å². The van der Waals surface area contributed by atoms with Crippen molar-refractivity contribution in [3.8, 4) is 0 Å². The fourth-order valence-electron chi connectivity index (χ4n) is 5.31. The Kier molecular flexibility index (Phi) is 9.96. The minimum Gasteiger partial charge on any atom is -0.444 e. The van der Waals surface area contributed by atoms with Gasteiger partial charge in [0.05, 0.1) is 17.6 Å². The van der Waals surface area contributed by atoms with Crippen molar-refractivity contribution in [2.24, 2.45) is 22.7 Å². The van der Waals surface area contributed by atoms with E-state index in [9.17, 15) is 19.2 Å². The first-order valence-corrected chi connectivity index (χ1v) is 14.3. The number of hydrogen-bond donors (Lipinski definition) is 3. The standard InChI is InChI=1S/C29H47N5O5/c1-8-19(4)24-26(37)32-22(11-18(2)3)23(35)13-21(12-20-9-10-30-14-20)25(36)31-15-29(33-24)16-34(17-29)27(38)39-28(5,6)7/h10,14,18-19,21-22,24,33H,8-9,11-13,15-17H2,1-7H3,(H,31,36)(H,32,37)/t19-,21+,22-,24-/m0/s1. The predicted octanol–water partition coefficient (Wildman–Crippen LogP) is 2.96. The van der Waals surface area contributed by atoms with Gasteiger partial charge in [0, 0.05) is 50.8 Å². The quantitative estimate of drug-likeness (QED) is 0.471. The highest BCUT2D eigenvalue weighted by Crippen LogP contribution is 2.28. The minimum absolute atomic E-state index is 0.0343. The van der Waals surface area contributed by atoms with Gasteiger partial charge >= 0.3 is 6.09 Å². The molecule has 218 valence electrons. The molecule has 4 atom stereocenters. The van der Waals surface area contributed by atoms with E-state index >= 15 is 0 Å². The maximum atomic E-state index is 13.7. The van der Waals surface area contributed by atoms with E-state index in [2.05, 4.69) is 20.9 Å². The van der Waals surface area contributed by atoms with Crippen molar-refractivity contribution < 1.29 is 23.9 Å². The molecule has 0 bridgehead atoms. The Morgan fingerprint density at radius 3 is 2.44 bits per heavy atom. The molecule has 0 aromatic carbocycles. The lowest BCUT2D eigenvalue weighted by Gasteiger charge is -2.52. The number of ether oxygens (including phenoxy) is 1. The van der Waals surface area contributed by atoms with Crippen LogP contribution in [0.5, 0.6) is 0 Å². The summed E-state index contributed by atoms with van der Waals surface area (Å²) in [5, 5.41) is 9.61. The molecule has 3 rings (SSSR count). The lowest BCUT2D eigenvalue weighted by atomic mass is 9.84. The fourth-order valence-corrected chi connectivity index (χ4v) is 5.31. The van der Waals surface area contributed by atoms with E-state index in [0.717, 1.165) is 12.0 Å². The molecule has 0 radical (unpaired) electrons. The van der Waals surface area contributed by atoms with Gasteiger partial charge in [0.15, 0.2) is 5.78 Å². The maximum Gasteiger partial charge on any atom is 0.410 e. The number of carbonyl (C=O) groups excluding carboxylic acids is 4. The molecule has 0 unspecified atom stereocenters. The van der Waals surface area contributed by atoms with Gasteiger partial charge in [-0.1, -0.05) is 34.1 Å². The Morgan fingerprint density at radius 2 is 1.87 bits per heavy atom. The summed E-state index contributed by atoms with van der Waals surface area (Å²) in [6.07, 6.45) is 5.49. The lowest BCUT2D eigenvalue weighted by molar-refractivity contribution is -0.134. The highest BCUT2D eigenvalue weighted by Gasteiger charge is 2.49. The van der Waals surface area contributed by atoms with Crippen molar-refractivity contribution in [1.29, 1.82) is 0 Å². The monoisotopic (exact) mass is 545 g/mol. The Labute approximate surface area is 232 Å². The van der Waals surface area contributed by atoms with Crippen molar-refractivity contribution in [2.75, 3.05) is 19.6 Å². The number of allylic oxidation sites excluding steroid dienone is 1. The highest BCUT2D eigenvalue weighted by atomic mass is 16.6. The molecule has 1 spiro atoms. The van der Waals surface area contributed by atoms with Crippen LogP contribution in [0.15, 0.2) is 16.8 Å². The molecule has 0 aliphatic carbocycles. The van der Waals surface area contributed by atoms with Gasteiger partial charge in [-0.05, 0) is 51.0 Å². The summed E-state index contributed by atoms with van der Waals surface area (Å²) in [6.45, 7) is 14.3. The normalized spacial score (nSPS) is 26.8. The summed E-state index contributed by atoms with van der Waals surface area (Å²) in [5.74, 6) is -0.985. The average molecular weight is 546 g/mol. The number of aliphatic imine (C=N–C) groups is 1. The van der Waals surface area contributed by atoms with Gasteiger partial charge in [0.1, 0.15) is 5.60 Å². The van der Waals surface area contributed by atoms with Crippen molar-refractivity contribution in [1.82, 2.24) is 20.9 Å². The molecule has 3 aliphatic heterocycles. The summed E-state index contributed by atoms with van der Waals surface area (Å²) in [4.78, 5) is 59.1. The molecule has 10 heteroatoms. The van der Waals surface area contributed by atoms with Crippen LogP contribution >= 0.6 is 0 Å². The first-order chi connectivity index (χ1) is 18.2. The van der Waals surface area contributed by atoms with E-state index in [1.54, 1.807) is 17.3 Å². The van der Waals surface area contributed by atoms with Gasteiger partial charge < -0.3 is 20.3 Å². The van der Waals surface area contributed by atoms with Gasteiger partial charge in [-0.3, -0.25) is 24.7 Å². The Bertz CT molecular complexity index is 993. The third-order valence-electron chi connectivity index (χ3n) is 7.65. The number of nitrogens with zero attached hydrogens (tertiary/aromatic N) is 2. The van der Waals surface area contributed by atoms with Crippen LogP contribution < -0.4 is 16.0 Å². The number of hydrogen-bond acceptors (Lipinski definition) is 7. The summed E-state index contributed by atoms with van der Waals surface area (Å²) in [6, 6.07) is -1.27. The number of rotatable bonds is 6. The number of amides is 3. The molecule has 3 heterocycles. The van der Waals surface area contributed by atoms with Gasteiger partial charge in [0.25, 0.3) is 0 Å². The summed E-state index contributed by atoms with van der Waals surface area (Å²) in [5.41, 5.74) is -0.324. The van der Waals surface area contributed by atoms with Crippen molar-refractivity contribution >= 4 is 29.9 Å². The van der Waals surface area contributed by atoms with Gasteiger partial charge in [0.2, 0.25) is 11.8 Å². The molecule has 0 aromatic heterocycles. The fraction of sp³-hybridized carbons (Fsp3) is 0.759. The minimum atomic E-state index is -0.699. The zero-order valence-electron chi connectivity index (χ0n) is 24.6. The van der Waals surface area contributed by atoms with E-state index in [-0.39, 0.29) is 42.4 Å². The van der Waals surface area contributed by atoms with Crippen LogP contribution in [0.4, 0.5) is 4.79 Å². The molecule has 0 saturated carbocycles. The maximum absolute atomic E-state index is 13.7. The predicted molar refractivity (Wildman–Crippen MR) is 150 cm³/mol. The Morgan fingerprint density at radius 1 is 1.18 bits per heavy atom. The number of carbonyl (C=O) groups is 4. The number of likely N-dealkylation sites (tertiary alicyclic amines) is 1. The van der Waals surface area contributed by atoms with Gasteiger partial charge in [-0.15, -0.1) is 0 Å². The first-order valence-electron chi connectivity index (χ1n) is 14.3. The molecular weight excluding hydrogens is 498 g/mol. The van der Waals surface area contributed by atoms with Crippen LogP contribution in [-0.4, -0.2) is 77.7 Å². The molecular formula is C29H47N5O5. The molecule has 3 amide bonds. The summed E-state index contributed by atoms with van der Waals surface area (Å²) >= 11 is 0. The largest absolute Gasteiger partial charge is 0.444 e. The average Bonchev–Trinajstić information content (AvgIpc) is 3.32. The lowest BCUT2D eigenvalue weighted by Crippen LogP contribution is -2.77. The topological polar surface area (TPSA) is 129 Å². The van der Waals surface area contributed by atoms with E-state index in [4.69, 9.17) is 4.74 Å². The summed E-state index contributed by atoms with van der Waals surface area (Å²) < 4.78 is 5.54. The van der Waals surface area contributed by atoms with E-state index in [1.807, 2.05) is 48.5 Å². The molecule has 0 aromatic rings. The van der Waals surface area contributed by atoms with Crippen LogP contribution in [0.1, 0.15) is 80.6 Å². The highest BCUT2D eigenvalue weighted by molar-refractivity contribution is 5.94. The van der Waals surface area contributed by atoms with Crippen LogP contribution in [0, 0.1) is 17.8 Å². The van der Waals surface area contributed by atoms with Crippen molar-refractivity contribution in [2.45, 2.75) is 104 Å². The smallest absolute Gasteiger partial charge is 0.410 e. The van der Waals surface area contributed by atoms with E-state index in [0.29, 0.717) is 32.4 Å². The zero-order valence-corrected chi connectivity index (χ0v) is 24.6. The van der Waals surface area contributed by atoms with Crippen LogP contribution in [0.2, 0.25) is 0 Å². The molecule has 2 saturated heterocycles. The third-order valence-corrected chi connectivity index (χ3v) is 7.65. The molecule has 10 nitrogen and oxygen atoms in total. The van der Waals surface area contributed by atoms with Crippen LogP contribution in [0.25, 0.3) is 0 Å². The molecule has 3 N–H and O–H groups in total. The summed E-state index contributed by atoms with van der Waals surface area (Å²) in [7, 11) is 0. The van der Waals surface area contributed by atoms with Gasteiger partial charge in [-0.25, -0.2) is 4.79 Å². The number of Topliss-reactive ketones (excluding diaryl/α,β-unsaturated/α-hetero) is 1. The van der Waals surface area contributed by atoms with Crippen molar-refractivity contribution in [3.63, 3.8) is 0 Å². The second-order valence-electron chi connectivity index (χ2n) is 12.9. The third kappa shape index (κ3) is 8.37. The number of ketones is 1. The first kappa shape index (κ1) is 30.8. The molecule has 2 fully saturated rings. The van der Waals surface area contributed by atoms with E-state index in [1.165, 1.54) is 0 Å². The second-order valence-corrected chi connectivity index (χ2v) is 12.9. The van der Waals surface area contributed by atoms with E-state index < -0.39 is 35.2 Å². The van der Waals surface area contributed by atoms with Crippen molar-refractivity contribution in [3.05, 3.63) is 11.8 Å². The molecule has 39 heavy (non-hydrogen) atoms. The number of nitrogens with one attached hydrogen (secondary N) is 3.